The van der Waals surface area contributed by atoms with Gasteiger partial charge in [-0.25, -0.2) is 13.4 Å². The molecule has 0 radical (unpaired) electrons. The van der Waals surface area contributed by atoms with Crippen molar-refractivity contribution in [1.29, 1.82) is 0 Å². The van der Waals surface area contributed by atoms with Crippen molar-refractivity contribution in [3.05, 3.63) is 29.6 Å². The Hall–Kier alpha value is -1.73. The van der Waals surface area contributed by atoms with E-state index >= 15 is 0 Å². The second-order valence-electron chi connectivity index (χ2n) is 7.52. The maximum atomic E-state index is 12.3. The smallest absolute Gasteiger partial charge is 0.226 e. The monoisotopic (exact) mass is 390 g/mol. The van der Waals surface area contributed by atoms with Crippen molar-refractivity contribution in [2.45, 2.75) is 37.0 Å². The van der Waals surface area contributed by atoms with Crippen LogP contribution in [-0.2, 0) is 14.6 Å². The third-order valence-corrected chi connectivity index (χ3v) is 7.55. The number of rotatable bonds is 5. The Labute approximate surface area is 157 Å². The summed E-state index contributed by atoms with van der Waals surface area (Å²) in [5.41, 5.74) is 1.58. The van der Waals surface area contributed by atoms with Crippen molar-refractivity contribution in [1.82, 2.24) is 4.98 Å². The van der Waals surface area contributed by atoms with Gasteiger partial charge in [-0.05, 0) is 49.1 Å². The zero-order chi connectivity index (χ0) is 18.3. The summed E-state index contributed by atoms with van der Waals surface area (Å²) in [4.78, 5) is 17.1. The lowest BCUT2D eigenvalue weighted by Crippen LogP contribution is -2.20. The summed E-state index contributed by atoms with van der Waals surface area (Å²) in [5.74, 6) is 2.18. The van der Waals surface area contributed by atoms with Crippen LogP contribution >= 0.6 is 11.3 Å². The van der Waals surface area contributed by atoms with Gasteiger partial charge in [0.05, 0.1) is 10.6 Å². The van der Waals surface area contributed by atoms with Gasteiger partial charge in [0.2, 0.25) is 5.91 Å². The van der Waals surface area contributed by atoms with Crippen molar-refractivity contribution < 1.29 is 13.2 Å². The van der Waals surface area contributed by atoms with Gasteiger partial charge in [-0.15, -0.1) is 11.3 Å². The first-order valence-electron chi connectivity index (χ1n) is 8.94. The molecule has 2 aromatic rings. The Morgan fingerprint density at radius 2 is 2.00 bits per heavy atom. The summed E-state index contributed by atoms with van der Waals surface area (Å²) in [6.07, 6.45) is 6.93. The number of hydrogen-bond acceptors (Lipinski definition) is 5. The molecule has 2 fully saturated rings. The lowest BCUT2D eigenvalue weighted by Gasteiger charge is -2.20. The predicted octanol–water partition coefficient (Wildman–Crippen LogP) is 3.98. The Kier molecular flexibility index (Phi) is 4.61. The number of hydrogen-bond donors (Lipinski definition) is 1. The van der Waals surface area contributed by atoms with E-state index in [4.69, 9.17) is 0 Å². The Balaban J connectivity index is 1.39. The average Bonchev–Trinajstić information content (AvgIpc) is 3.31. The molecule has 7 heteroatoms. The molecule has 2 aliphatic carbocycles. The lowest BCUT2D eigenvalue weighted by molar-refractivity contribution is -0.117. The molecule has 1 heterocycles. The van der Waals surface area contributed by atoms with Gasteiger partial charge in [0.15, 0.2) is 15.0 Å². The number of nitrogens with zero attached hydrogens (tertiary/aromatic N) is 1. The van der Waals surface area contributed by atoms with Crippen LogP contribution in [0, 0.1) is 17.8 Å². The first-order chi connectivity index (χ1) is 12.4. The van der Waals surface area contributed by atoms with E-state index in [1.807, 2.05) is 5.38 Å². The fourth-order valence-corrected chi connectivity index (χ4v) is 5.74. The van der Waals surface area contributed by atoms with E-state index in [9.17, 15) is 13.2 Å². The average molecular weight is 391 g/mol. The van der Waals surface area contributed by atoms with Gasteiger partial charge in [-0.3, -0.25) is 4.79 Å². The highest BCUT2D eigenvalue weighted by molar-refractivity contribution is 7.90. The normalized spacial score (nSPS) is 24.7. The van der Waals surface area contributed by atoms with Crippen LogP contribution < -0.4 is 5.32 Å². The molecule has 3 atom stereocenters. The molecule has 2 aliphatic rings. The molecule has 1 amide bonds. The van der Waals surface area contributed by atoms with E-state index in [1.54, 1.807) is 24.3 Å². The molecular formula is C19H22N2O3S2. The highest BCUT2D eigenvalue weighted by atomic mass is 32.2. The highest BCUT2D eigenvalue weighted by Crippen LogP contribution is 2.49. The summed E-state index contributed by atoms with van der Waals surface area (Å²) in [5, 5.41) is 5.40. The molecule has 4 rings (SSSR count). The number of nitrogens with one attached hydrogen (secondary N) is 1. The SMILES string of the molecule is CS(=O)(=O)c1ccc(-c2csc(NC(=O)C[C@@H]3C[C@H]4CC[C@@H]3C4)n2)cc1. The molecular weight excluding hydrogens is 368 g/mol. The molecule has 26 heavy (non-hydrogen) atoms. The Morgan fingerprint density at radius 3 is 2.62 bits per heavy atom. The van der Waals surface area contributed by atoms with Gasteiger partial charge in [-0.2, -0.15) is 0 Å². The maximum absolute atomic E-state index is 12.3. The Morgan fingerprint density at radius 1 is 1.23 bits per heavy atom. The van der Waals surface area contributed by atoms with Gasteiger partial charge in [0.25, 0.3) is 0 Å². The molecule has 1 N–H and O–H groups in total. The summed E-state index contributed by atoms with van der Waals surface area (Å²) >= 11 is 1.39. The largest absolute Gasteiger partial charge is 0.302 e. The van der Waals surface area contributed by atoms with Crippen LogP contribution in [0.1, 0.15) is 32.1 Å². The number of sulfone groups is 1. The molecule has 0 unspecified atom stereocenters. The van der Waals surface area contributed by atoms with E-state index in [1.165, 1.54) is 43.3 Å². The first-order valence-corrected chi connectivity index (χ1v) is 11.7. The second-order valence-corrected chi connectivity index (χ2v) is 10.4. The van der Waals surface area contributed by atoms with Crippen molar-refractivity contribution in [2.75, 3.05) is 11.6 Å². The molecule has 0 aliphatic heterocycles. The molecule has 0 saturated heterocycles. The molecule has 1 aromatic heterocycles. The maximum Gasteiger partial charge on any atom is 0.226 e. The molecule has 5 nitrogen and oxygen atoms in total. The zero-order valence-electron chi connectivity index (χ0n) is 14.6. The fourth-order valence-electron chi connectivity index (χ4n) is 4.37. The van der Waals surface area contributed by atoms with Crippen molar-refractivity contribution in [2.24, 2.45) is 17.8 Å². The van der Waals surface area contributed by atoms with Crippen LogP contribution in [0.3, 0.4) is 0 Å². The van der Waals surface area contributed by atoms with Crippen LogP contribution in [-0.4, -0.2) is 25.6 Å². The van der Waals surface area contributed by atoms with Gasteiger partial charge in [0.1, 0.15) is 0 Å². The standard InChI is InChI=1S/C19H22N2O3S2/c1-26(23,24)16-6-4-13(5-7-16)17-11-25-19(20-17)21-18(22)10-15-9-12-2-3-14(15)8-12/h4-7,11-12,14-15H,2-3,8-10H2,1H3,(H,20,21,22)/t12-,14+,15-/m0/s1. The van der Waals surface area contributed by atoms with Crippen LogP contribution in [0.4, 0.5) is 5.13 Å². The summed E-state index contributed by atoms with van der Waals surface area (Å²) < 4.78 is 23.1. The van der Waals surface area contributed by atoms with Crippen LogP contribution in [0.15, 0.2) is 34.5 Å². The van der Waals surface area contributed by atoms with Gasteiger partial charge >= 0.3 is 0 Å². The second kappa shape index (κ2) is 6.78. The van der Waals surface area contributed by atoms with E-state index in [-0.39, 0.29) is 10.8 Å². The number of aromatic nitrogens is 1. The zero-order valence-corrected chi connectivity index (χ0v) is 16.3. The summed E-state index contributed by atoms with van der Waals surface area (Å²) in [6, 6.07) is 6.65. The minimum Gasteiger partial charge on any atom is -0.302 e. The molecule has 2 saturated carbocycles. The number of amides is 1. The molecule has 1 aromatic carbocycles. The fraction of sp³-hybridized carbons (Fsp3) is 0.474. The number of benzene rings is 1. The number of anilines is 1. The van der Waals surface area contributed by atoms with Crippen LogP contribution in [0.2, 0.25) is 0 Å². The van der Waals surface area contributed by atoms with E-state index in [0.717, 1.165) is 23.1 Å². The predicted molar refractivity (Wildman–Crippen MR) is 103 cm³/mol. The topological polar surface area (TPSA) is 76.1 Å². The van der Waals surface area contributed by atoms with E-state index in [2.05, 4.69) is 10.3 Å². The van der Waals surface area contributed by atoms with Crippen LogP contribution in [0.5, 0.6) is 0 Å². The summed E-state index contributed by atoms with van der Waals surface area (Å²) in [6.45, 7) is 0. The molecule has 0 spiro atoms. The number of carbonyl (C=O) groups is 1. The lowest BCUT2D eigenvalue weighted by atomic mass is 9.86. The van der Waals surface area contributed by atoms with E-state index < -0.39 is 9.84 Å². The van der Waals surface area contributed by atoms with Crippen LogP contribution in [0.25, 0.3) is 11.3 Å². The van der Waals surface area contributed by atoms with Gasteiger partial charge in [-0.1, -0.05) is 18.6 Å². The highest BCUT2D eigenvalue weighted by Gasteiger charge is 2.40. The van der Waals surface area contributed by atoms with Crippen molar-refractivity contribution in [3.63, 3.8) is 0 Å². The van der Waals surface area contributed by atoms with E-state index in [0.29, 0.717) is 17.5 Å². The first kappa shape index (κ1) is 17.7. The van der Waals surface area contributed by atoms with Gasteiger partial charge < -0.3 is 5.32 Å². The number of thiazole rings is 1. The van der Waals surface area contributed by atoms with Crippen molar-refractivity contribution >= 4 is 32.2 Å². The quantitative estimate of drug-likeness (QED) is 0.838. The minimum atomic E-state index is -3.20. The van der Waals surface area contributed by atoms with Gasteiger partial charge in [0, 0.05) is 23.6 Å². The minimum absolute atomic E-state index is 0.0517. The number of carbonyl (C=O) groups excluding carboxylic acids is 1. The Bertz CT molecular complexity index is 919. The van der Waals surface area contributed by atoms with Crippen molar-refractivity contribution in [3.8, 4) is 11.3 Å². The third kappa shape index (κ3) is 3.69. The molecule has 2 bridgehead atoms. The summed E-state index contributed by atoms with van der Waals surface area (Å²) in [7, 11) is -3.20. The number of fused-ring (bicyclic) bond motifs is 2. The molecule has 138 valence electrons. The third-order valence-electron chi connectivity index (χ3n) is 5.66.